The summed E-state index contributed by atoms with van der Waals surface area (Å²) < 4.78 is 15.8. The van der Waals surface area contributed by atoms with Crippen molar-refractivity contribution >= 4 is 23.3 Å². The number of fused-ring (bicyclic) bond motifs is 3. The Morgan fingerprint density at radius 1 is 1.00 bits per heavy atom. The second-order valence-electron chi connectivity index (χ2n) is 9.35. The highest BCUT2D eigenvalue weighted by Gasteiger charge is 2.37. The van der Waals surface area contributed by atoms with Crippen LogP contribution < -0.4 is 10.2 Å². The summed E-state index contributed by atoms with van der Waals surface area (Å²) in [5, 5.41) is 12.0. The van der Waals surface area contributed by atoms with Crippen LogP contribution in [-0.4, -0.2) is 34.0 Å². The quantitative estimate of drug-likeness (QED) is 0.367. The van der Waals surface area contributed by atoms with Crippen LogP contribution in [0.2, 0.25) is 0 Å². The zero-order chi connectivity index (χ0) is 26.8. The van der Waals surface area contributed by atoms with Crippen molar-refractivity contribution in [1.82, 2.24) is 9.47 Å². The summed E-state index contributed by atoms with van der Waals surface area (Å²) in [7, 11) is 0. The van der Waals surface area contributed by atoms with Gasteiger partial charge in [0.05, 0.1) is 28.7 Å². The summed E-state index contributed by atoms with van der Waals surface area (Å²) in [6.45, 7) is 3.49. The Morgan fingerprint density at radius 3 is 2.45 bits per heavy atom. The predicted molar refractivity (Wildman–Crippen MR) is 144 cm³/mol. The molecular weight excluding hydrogens is 481 g/mol. The molecule has 3 amide bonds. The number of amides is 3. The van der Waals surface area contributed by atoms with Gasteiger partial charge in [0.15, 0.2) is 0 Å². The number of carbonyl (C=O) groups excluding carboxylic acids is 2. The van der Waals surface area contributed by atoms with Crippen LogP contribution in [0.15, 0.2) is 91.1 Å². The van der Waals surface area contributed by atoms with Gasteiger partial charge in [-0.05, 0) is 74.0 Å². The Kier molecular flexibility index (Phi) is 6.67. The molecule has 1 unspecified atom stereocenters. The smallest absolute Gasteiger partial charge is 0.316 e. The van der Waals surface area contributed by atoms with Crippen LogP contribution in [-0.2, 0) is 4.79 Å². The van der Waals surface area contributed by atoms with Crippen LogP contribution in [0, 0.1) is 17.1 Å². The second-order valence-corrected chi connectivity index (χ2v) is 9.35. The molecule has 2 heterocycles. The fraction of sp³-hybridized carbons (Fsp3) is 0.167. The molecule has 1 atom stereocenters. The standard InChI is InChI=1S/C30H26FN5O2/c1-20(2)35(30(38)33-24-8-5-7-21(17-24)18-32)19-28(37)36-26-10-4-3-9-25(26)34-16-6-11-27(34)29(36)22-12-14-23(31)15-13-22/h3-17,20,29H,19H2,1-2H3,(H,33,38). The van der Waals surface area contributed by atoms with Crippen molar-refractivity contribution in [3.63, 3.8) is 0 Å². The summed E-state index contributed by atoms with van der Waals surface area (Å²) in [4.78, 5) is 30.5. The number of urea groups is 1. The lowest BCUT2D eigenvalue weighted by Gasteiger charge is -2.40. The number of aromatic nitrogens is 1. The fourth-order valence-electron chi connectivity index (χ4n) is 4.80. The molecule has 1 N–H and O–H groups in total. The molecule has 0 bridgehead atoms. The first-order valence-corrected chi connectivity index (χ1v) is 12.3. The maximum Gasteiger partial charge on any atom is 0.322 e. The average molecular weight is 508 g/mol. The zero-order valence-corrected chi connectivity index (χ0v) is 21.0. The Bertz CT molecular complexity index is 1540. The van der Waals surface area contributed by atoms with Crippen molar-refractivity contribution in [2.45, 2.75) is 25.9 Å². The van der Waals surface area contributed by atoms with Crippen molar-refractivity contribution in [3.8, 4) is 11.8 Å². The van der Waals surface area contributed by atoms with Crippen LogP contribution in [0.3, 0.4) is 0 Å². The van der Waals surface area contributed by atoms with Crippen LogP contribution >= 0.6 is 0 Å². The molecule has 3 aromatic carbocycles. The van der Waals surface area contributed by atoms with E-state index in [2.05, 4.69) is 11.4 Å². The molecule has 0 spiro atoms. The van der Waals surface area contributed by atoms with Gasteiger partial charge in [0.25, 0.3) is 0 Å². The Hall–Kier alpha value is -4.90. The number of nitriles is 1. The number of rotatable bonds is 5. The highest BCUT2D eigenvalue weighted by atomic mass is 19.1. The van der Waals surface area contributed by atoms with Gasteiger partial charge in [-0.1, -0.05) is 30.3 Å². The minimum atomic E-state index is -0.516. The summed E-state index contributed by atoms with van der Waals surface area (Å²) in [6.07, 6.45) is 1.94. The maximum atomic E-state index is 14.1. The van der Waals surface area contributed by atoms with E-state index in [0.717, 1.165) is 16.9 Å². The molecule has 0 saturated carbocycles. The van der Waals surface area contributed by atoms with Gasteiger partial charge in [-0.2, -0.15) is 5.26 Å². The first-order chi connectivity index (χ1) is 18.4. The third-order valence-corrected chi connectivity index (χ3v) is 6.61. The van der Waals surface area contributed by atoms with E-state index in [4.69, 9.17) is 0 Å². The molecule has 190 valence electrons. The number of anilines is 2. The van der Waals surface area contributed by atoms with E-state index in [1.54, 1.807) is 41.3 Å². The Labute approximate surface area is 220 Å². The third-order valence-electron chi connectivity index (χ3n) is 6.61. The predicted octanol–water partition coefficient (Wildman–Crippen LogP) is 5.87. The van der Waals surface area contributed by atoms with Crippen molar-refractivity contribution in [2.75, 3.05) is 16.8 Å². The van der Waals surface area contributed by atoms with Gasteiger partial charge in [-0.3, -0.25) is 9.69 Å². The van der Waals surface area contributed by atoms with Crippen molar-refractivity contribution in [1.29, 1.82) is 5.26 Å². The normalized spacial score (nSPS) is 13.9. The Balaban J connectivity index is 1.50. The molecule has 4 aromatic rings. The number of carbonyl (C=O) groups is 2. The number of hydrogen-bond acceptors (Lipinski definition) is 3. The Morgan fingerprint density at radius 2 is 1.74 bits per heavy atom. The largest absolute Gasteiger partial charge is 0.322 e. The van der Waals surface area contributed by atoms with Crippen LogP contribution in [0.5, 0.6) is 0 Å². The number of nitrogens with one attached hydrogen (secondary N) is 1. The lowest BCUT2D eigenvalue weighted by molar-refractivity contribution is -0.119. The molecule has 1 aliphatic rings. The number of benzene rings is 3. The lowest BCUT2D eigenvalue weighted by atomic mass is 9.97. The van der Waals surface area contributed by atoms with Gasteiger partial charge in [0.2, 0.25) is 5.91 Å². The first-order valence-electron chi connectivity index (χ1n) is 12.3. The van der Waals surface area contributed by atoms with E-state index >= 15 is 0 Å². The highest BCUT2D eigenvalue weighted by Crippen LogP contribution is 2.42. The number of nitrogens with zero attached hydrogens (tertiary/aromatic N) is 4. The van der Waals surface area contributed by atoms with E-state index in [0.29, 0.717) is 16.9 Å². The molecule has 38 heavy (non-hydrogen) atoms. The van der Waals surface area contributed by atoms with Gasteiger partial charge in [0, 0.05) is 17.9 Å². The topological polar surface area (TPSA) is 81.4 Å². The summed E-state index contributed by atoms with van der Waals surface area (Å²) in [5.74, 6) is -0.643. The van der Waals surface area contributed by atoms with E-state index < -0.39 is 12.1 Å². The highest BCUT2D eigenvalue weighted by molar-refractivity contribution is 6.01. The summed E-state index contributed by atoms with van der Waals surface area (Å²) in [5.41, 5.74) is 4.04. The van der Waals surface area contributed by atoms with Crippen molar-refractivity contribution < 1.29 is 14.0 Å². The monoisotopic (exact) mass is 507 g/mol. The average Bonchev–Trinajstić information content (AvgIpc) is 3.41. The van der Waals surface area contributed by atoms with Crippen LogP contribution in [0.25, 0.3) is 5.69 Å². The first kappa shape index (κ1) is 24.8. The molecule has 0 radical (unpaired) electrons. The molecule has 0 fully saturated rings. The number of para-hydroxylation sites is 2. The van der Waals surface area contributed by atoms with Gasteiger partial charge >= 0.3 is 6.03 Å². The molecule has 7 nitrogen and oxygen atoms in total. The number of hydrogen-bond donors (Lipinski definition) is 1. The number of halogens is 1. The molecule has 5 rings (SSSR count). The second kappa shape index (κ2) is 10.2. The van der Waals surface area contributed by atoms with E-state index in [-0.39, 0.29) is 24.3 Å². The van der Waals surface area contributed by atoms with Crippen LogP contribution in [0.4, 0.5) is 20.6 Å². The minimum absolute atomic E-state index is 0.186. The van der Waals surface area contributed by atoms with Gasteiger partial charge in [-0.15, -0.1) is 0 Å². The summed E-state index contributed by atoms with van der Waals surface area (Å²) >= 11 is 0. The van der Waals surface area contributed by atoms with Gasteiger partial charge in [-0.25, -0.2) is 9.18 Å². The molecular formula is C30H26FN5O2. The molecule has 1 aliphatic heterocycles. The van der Waals surface area contributed by atoms with Gasteiger partial charge < -0.3 is 14.8 Å². The van der Waals surface area contributed by atoms with Gasteiger partial charge in [0.1, 0.15) is 18.4 Å². The van der Waals surface area contributed by atoms with Crippen LogP contribution in [0.1, 0.15) is 36.7 Å². The lowest BCUT2D eigenvalue weighted by Crippen LogP contribution is -2.49. The molecule has 0 aliphatic carbocycles. The fourth-order valence-corrected chi connectivity index (χ4v) is 4.80. The molecule has 0 saturated heterocycles. The SMILES string of the molecule is CC(C)N(CC(=O)N1c2ccccc2-n2cccc2C1c1ccc(F)cc1)C(=O)Nc1cccc(C#N)c1. The van der Waals surface area contributed by atoms with Crippen molar-refractivity contribution in [3.05, 3.63) is 114 Å². The van der Waals surface area contributed by atoms with Crippen molar-refractivity contribution in [2.24, 2.45) is 0 Å². The van der Waals surface area contributed by atoms with E-state index in [1.165, 1.54) is 17.0 Å². The molecule has 8 heteroatoms. The summed E-state index contributed by atoms with van der Waals surface area (Å²) in [6, 6.07) is 25.0. The maximum absolute atomic E-state index is 14.1. The van der Waals surface area contributed by atoms with E-state index in [1.807, 2.05) is 61.0 Å². The zero-order valence-electron chi connectivity index (χ0n) is 21.0. The van der Waals surface area contributed by atoms with E-state index in [9.17, 15) is 19.2 Å². The molecule has 1 aromatic heterocycles. The minimum Gasteiger partial charge on any atom is -0.316 e. The third kappa shape index (κ3) is 4.62.